The standard InChI is InChI=1S/C52H100O6/c1-6-7-8-9-10-11-12-16-22-27-32-37-42-50(53)56-45-49(46-57-51(54)43-38-33-28-23-19-18-21-26-31-36-41-48(4)5)58-52(55)44-39-34-29-24-17-14-13-15-20-25-30-35-40-47(2)3/h47-49H,6-46H2,1-5H3/t49-/m0/s1. The minimum atomic E-state index is -0.761. The summed E-state index contributed by atoms with van der Waals surface area (Å²) in [5.41, 5.74) is 0. The number of carbonyl (C=O) groups is 3. The fraction of sp³-hybridized carbons (Fsp3) is 0.942. The van der Waals surface area contributed by atoms with Gasteiger partial charge in [-0.2, -0.15) is 0 Å². The summed E-state index contributed by atoms with van der Waals surface area (Å²) in [5.74, 6) is 0.802. The molecule has 0 saturated heterocycles. The van der Waals surface area contributed by atoms with Crippen LogP contribution in [0, 0.1) is 11.8 Å². The highest BCUT2D eigenvalue weighted by Crippen LogP contribution is 2.17. The van der Waals surface area contributed by atoms with Gasteiger partial charge in [-0.05, 0) is 31.1 Å². The van der Waals surface area contributed by atoms with Crippen molar-refractivity contribution in [1.82, 2.24) is 0 Å². The Labute approximate surface area is 361 Å². The Morgan fingerprint density at radius 3 is 0.845 bits per heavy atom. The number of carbonyl (C=O) groups excluding carboxylic acids is 3. The van der Waals surface area contributed by atoms with Gasteiger partial charge in [0.2, 0.25) is 0 Å². The van der Waals surface area contributed by atoms with Gasteiger partial charge in [0.25, 0.3) is 0 Å². The molecule has 6 nitrogen and oxygen atoms in total. The third kappa shape index (κ3) is 45.5. The highest BCUT2D eigenvalue weighted by Gasteiger charge is 2.19. The predicted molar refractivity (Wildman–Crippen MR) is 247 cm³/mol. The lowest BCUT2D eigenvalue weighted by Crippen LogP contribution is -2.30. The molecule has 0 aromatic heterocycles. The van der Waals surface area contributed by atoms with Crippen molar-refractivity contribution in [2.75, 3.05) is 13.2 Å². The SMILES string of the molecule is CCCCCCCCCCCCCCC(=O)OC[C@@H](COC(=O)CCCCCCCCCCCCC(C)C)OC(=O)CCCCCCCCCCCCCCC(C)C. The molecule has 1 atom stereocenters. The van der Waals surface area contributed by atoms with E-state index in [0.717, 1.165) is 69.6 Å². The number of ether oxygens (including phenoxy) is 3. The van der Waals surface area contributed by atoms with Crippen LogP contribution in [0.4, 0.5) is 0 Å². The molecule has 0 aliphatic rings. The Bertz CT molecular complexity index is 885. The van der Waals surface area contributed by atoms with Crippen LogP contribution >= 0.6 is 0 Å². The minimum Gasteiger partial charge on any atom is -0.462 e. The van der Waals surface area contributed by atoms with Crippen molar-refractivity contribution >= 4 is 17.9 Å². The van der Waals surface area contributed by atoms with Crippen LogP contribution in [0.15, 0.2) is 0 Å². The van der Waals surface area contributed by atoms with E-state index in [0.29, 0.717) is 19.3 Å². The van der Waals surface area contributed by atoms with E-state index in [9.17, 15) is 14.4 Å². The molecular weight excluding hydrogens is 721 g/mol. The van der Waals surface area contributed by atoms with Crippen molar-refractivity contribution in [2.45, 2.75) is 291 Å². The molecule has 0 heterocycles. The fourth-order valence-electron chi connectivity index (χ4n) is 7.81. The number of hydrogen-bond acceptors (Lipinski definition) is 6. The van der Waals surface area contributed by atoms with E-state index in [1.54, 1.807) is 0 Å². The van der Waals surface area contributed by atoms with Crippen LogP contribution in [0.2, 0.25) is 0 Å². The number of esters is 3. The van der Waals surface area contributed by atoms with Crippen LogP contribution < -0.4 is 0 Å². The van der Waals surface area contributed by atoms with Crippen molar-refractivity contribution in [2.24, 2.45) is 11.8 Å². The Balaban J connectivity index is 4.32. The first-order valence-electron chi connectivity index (χ1n) is 25.7. The lowest BCUT2D eigenvalue weighted by Gasteiger charge is -2.18. The Kier molecular flexibility index (Phi) is 43.7. The Hall–Kier alpha value is -1.59. The first kappa shape index (κ1) is 56.4. The number of rotatable bonds is 46. The van der Waals surface area contributed by atoms with Crippen LogP contribution in [-0.2, 0) is 28.6 Å². The van der Waals surface area contributed by atoms with E-state index in [1.165, 1.54) is 173 Å². The first-order valence-corrected chi connectivity index (χ1v) is 25.7. The topological polar surface area (TPSA) is 78.9 Å². The van der Waals surface area contributed by atoms with E-state index < -0.39 is 6.10 Å². The maximum Gasteiger partial charge on any atom is 0.306 e. The van der Waals surface area contributed by atoms with E-state index in [4.69, 9.17) is 14.2 Å². The van der Waals surface area contributed by atoms with Crippen molar-refractivity contribution in [3.63, 3.8) is 0 Å². The maximum absolute atomic E-state index is 12.8. The second-order valence-electron chi connectivity index (χ2n) is 18.8. The molecule has 0 aliphatic heterocycles. The molecule has 0 fully saturated rings. The van der Waals surface area contributed by atoms with Crippen molar-refractivity contribution in [1.29, 1.82) is 0 Å². The van der Waals surface area contributed by atoms with Gasteiger partial charge in [-0.25, -0.2) is 0 Å². The molecule has 0 bridgehead atoms. The van der Waals surface area contributed by atoms with Crippen molar-refractivity contribution in [3.8, 4) is 0 Å². The normalized spacial score (nSPS) is 12.1. The molecule has 0 saturated carbocycles. The number of hydrogen-bond donors (Lipinski definition) is 0. The van der Waals surface area contributed by atoms with E-state index in [-0.39, 0.29) is 31.1 Å². The maximum atomic E-state index is 12.8. The summed E-state index contributed by atoms with van der Waals surface area (Å²) < 4.78 is 16.8. The highest BCUT2D eigenvalue weighted by atomic mass is 16.6. The molecule has 0 N–H and O–H groups in total. The van der Waals surface area contributed by atoms with Gasteiger partial charge in [0.05, 0.1) is 0 Å². The molecule has 0 rings (SSSR count). The van der Waals surface area contributed by atoms with Crippen LogP contribution in [0.1, 0.15) is 285 Å². The molecule has 0 unspecified atom stereocenters. The highest BCUT2D eigenvalue weighted by molar-refractivity contribution is 5.71. The quantitative estimate of drug-likeness (QED) is 0.0346. The predicted octanol–water partition coefficient (Wildman–Crippen LogP) is 16.5. The largest absolute Gasteiger partial charge is 0.462 e. The fourth-order valence-corrected chi connectivity index (χ4v) is 7.81. The second-order valence-corrected chi connectivity index (χ2v) is 18.8. The Morgan fingerprint density at radius 1 is 0.328 bits per heavy atom. The first-order chi connectivity index (χ1) is 28.2. The summed E-state index contributed by atoms with van der Waals surface area (Å²) in [4.78, 5) is 37.9. The van der Waals surface area contributed by atoms with Gasteiger partial charge in [-0.1, -0.05) is 247 Å². The van der Waals surface area contributed by atoms with Gasteiger partial charge < -0.3 is 14.2 Å². The van der Waals surface area contributed by atoms with Crippen molar-refractivity contribution in [3.05, 3.63) is 0 Å². The van der Waals surface area contributed by atoms with Gasteiger partial charge in [0.1, 0.15) is 13.2 Å². The zero-order valence-electron chi connectivity index (χ0n) is 39.7. The van der Waals surface area contributed by atoms with Crippen LogP contribution in [0.5, 0.6) is 0 Å². The molecule has 0 aliphatic carbocycles. The molecule has 0 aromatic rings. The molecule has 0 aromatic carbocycles. The Morgan fingerprint density at radius 2 is 0.569 bits per heavy atom. The molecule has 58 heavy (non-hydrogen) atoms. The summed E-state index contributed by atoms with van der Waals surface area (Å²) in [6.45, 7) is 11.4. The lowest BCUT2D eigenvalue weighted by molar-refractivity contribution is -0.167. The molecule has 0 amide bonds. The van der Waals surface area contributed by atoms with Gasteiger partial charge >= 0.3 is 17.9 Å². The van der Waals surface area contributed by atoms with Gasteiger partial charge in [-0.15, -0.1) is 0 Å². The zero-order valence-corrected chi connectivity index (χ0v) is 39.7. The molecular formula is C52H100O6. The number of unbranched alkanes of at least 4 members (excludes halogenated alkanes) is 31. The molecule has 0 radical (unpaired) electrons. The minimum absolute atomic E-state index is 0.0637. The summed E-state index contributed by atoms with van der Waals surface area (Å²) in [6, 6.07) is 0. The summed E-state index contributed by atoms with van der Waals surface area (Å²) in [5, 5.41) is 0. The third-order valence-corrected chi connectivity index (χ3v) is 11.7. The van der Waals surface area contributed by atoms with Crippen LogP contribution in [0.3, 0.4) is 0 Å². The van der Waals surface area contributed by atoms with Gasteiger partial charge in [0, 0.05) is 19.3 Å². The smallest absolute Gasteiger partial charge is 0.306 e. The lowest BCUT2D eigenvalue weighted by atomic mass is 10.0. The van der Waals surface area contributed by atoms with Gasteiger partial charge in [-0.3, -0.25) is 14.4 Å². The average Bonchev–Trinajstić information content (AvgIpc) is 3.19. The summed E-state index contributed by atoms with van der Waals surface area (Å²) in [6.07, 6.45) is 45.1. The average molecular weight is 821 g/mol. The molecule has 6 heteroatoms. The van der Waals surface area contributed by atoms with Crippen LogP contribution in [-0.4, -0.2) is 37.2 Å². The third-order valence-electron chi connectivity index (χ3n) is 11.7. The monoisotopic (exact) mass is 821 g/mol. The summed E-state index contributed by atoms with van der Waals surface area (Å²) in [7, 11) is 0. The van der Waals surface area contributed by atoms with E-state index in [2.05, 4.69) is 34.6 Å². The van der Waals surface area contributed by atoms with Crippen molar-refractivity contribution < 1.29 is 28.6 Å². The summed E-state index contributed by atoms with van der Waals surface area (Å²) >= 11 is 0. The zero-order chi connectivity index (χ0) is 42.6. The molecule has 344 valence electrons. The van der Waals surface area contributed by atoms with E-state index in [1.807, 2.05) is 0 Å². The van der Waals surface area contributed by atoms with Crippen LogP contribution in [0.25, 0.3) is 0 Å². The molecule has 0 spiro atoms. The van der Waals surface area contributed by atoms with E-state index >= 15 is 0 Å². The second kappa shape index (κ2) is 44.9. The van der Waals surface area contributed by atoms with Gasteiger partial charge in [0.15, 0.2) is 6.10 Å².